The quantitative estimate of drug-likeness (QED) is 0.727. The maximum absolute atomic E-state index is 13.6. The maximum Gasteiger partial charge on any atom is 0.258 e. The summed E-state index contributed by atoms with van der Waals surface area (Å²) in [5, 5.41) is 13.3. The number of aliphatic hydroxyl groups is 1. The number of carbonyl (C=O) groups excluding carboxylic acids is 2. The number of carbonyl (C=O) groups is 2. The number of aromatic nitrogens is 1. The van der Waals surface area contributed by atoms with Crippen molar-refractivity contribution in [3.05, 3.63) is 39.8 Å². The molecule has 2 fully saturated rings. The topological polar surface area (TPSA) is 91.6 Å². The smallest absolute Gasteiger partial charge is 0.258 e. The van der Waals surface area contributed by atoms with Gasteiger partial charge in [-0.05, 0) is 38.3 Å². The average Bonchev–Trinajstić information content (AvgIpc) is 3.38. The summed E-state index contributed by atoms with van der Waals surface area (Å²) in [6, 6.07) is 2.78. The van der Waals surface area contributed by atoms with Gasteiger partial charge in [0.25, 0.3) is 5.56 Å². The molecule has 2 aliphatic heterocycles. The molecule has 1 aromatic heterocycles. The van der Waals surface area contributed by atoms with E-state index in [9.17, 15) is 19.5 Å². The van der Waals surface area contributed by atoms with E-state index in [2.05, 4.69) is 5.32 Å². The van der Waals surface area contributed by atoms with Crippen LogP contribution < -0.4 is 10.9 Å². The Bertz CT molecular complexity index is 931. The summed E-state index contributed by atoms with van der Waals surface area (Å²) >= 11 is 0. The van der Waals surface area contributed by atoms with Crippen LogP contribution in [0.3, 0.4) is 0 Å². The zero-order valence-electron chi connectivity index (χ0n) is 18.4. The van der Waals surface area contributed by atoms with E-state index in [1.165, 1.54) is 0 Å². The van der Waals surface area contributed by atoms with Crippen LogP contribution in [0.5, 0.6) is 0 Å². The lowest BCUT2D eigenvalue weighted by Crippen LogP contribution is -2.50. The largest absolute Gasteiger partial charge is 0.396 e. The molecule has 2 N–H and O–H groups in total. The molecule has 4 rings (SSSR count). The zero-order valence-corrected chi connectivity index (χ0v) is 18.4. The molecule has 31 heavy (non-hydrogen) atoms. The summed E-state index contributed by atoms with van der Waals surface area (Å²) in [5.41, 5.74) is 1.19. The van der Waals surface area contributed by atoms with Crippen molar-refractivity contribution >= 4 is 17.9 Å². The van der Waals surface area contributed by atoms with Gasteiger partial charge in [0, 0.05) is 42.8 Å². The Morgan fingerprint density at radius 3 is 2.65 bits per heavy atom. The number of nitrogens with one attached hydrogen (secondary N) is 1. The fourth-order valence-electron chi connectivity index (χ4n) is 5.78. The predicted molar refractivity (Wildman–Crippen MR) is 118 cm³/mol. The lowest BCUT2D eigenvalue weighted by atomic mass is 9.86. The van der Waals surface area contributed by atoms with Gasteiger partial charge in [0.15, 0.2) is 0 Å². The molecule has 1 saturated heterocycles. The molecule has 2 bridgehead atoms. The van der Waals surface area contributed by atoms with Gasteiger partial charge >= 0.3 is 0 Å². The molecule has 3 heterocycles. The van der Waals surface area contributed by atoms with Crippen LogP contribution in [0.4, 0.5) is 0 Å². The van der Waals surface area contributed by atoms with E-state index < -0.39 is 17.9 Å². The highest BCUT2D eigenvalue weighted by molar-refractivity contribution is 5.85. The van der Waals surface area contributed by atoms with E-state index >= 15 is 0 Å². The van der Waals surface area contributed by atoms with Gasteiger partial charge in [0.05, 0.1) is 18.0 Å². The number of amides is 2. The predicted octanol–water partition coefficient (Wildman–Crippen LogP) is 2.09. The molecular formula is C24H33N3O4. The summed E-state index contributed by atoms with van der Waals surface area (Å²) in [4.78, 5) is 41.8. The summed E-state index contributed by atoms with van der Waals surface area (Å²) in [6.07, 6.45) is 8.26. The Labute approximate surface area is 183 Å². The van der Waals surface area contributed by atoms with Crippen LogP contribution in [0, 0.1) is 17.8 Å². The molecule has 168 valence electrons. The number of hydrogen-bond acceptors (Lipinski definition) is 4. The van der Waals surface area contributed by atoms with E-state index in [0.717, 1.165) is 32.1 Å². The molecule has 3 aliphatic rings. The number of rotatable bonds is 6. The van der Waals surface area contributed by atoms with E-state index in [-0.39, 0.29) is 35.9 Å². The monoisotopic (exact) mass is 427 g/mol. The number of fused-ring (bicyclic) bond motifs is 4. The molecule has 0 spiro atoms. The fourth-order valence-corrected chi connectivity index (χ4v) is 5.78. The lowest BCUT2D eigenvalue weighted by molar-refractivity contribution is -0.141. The second-order valence-electron chi connectivity index (χ2n) is 9.03. The van der Waals surface area contributed by atoms with Crippen LogP contribution in [0.15, 0.2) is 23.0 Å². The minimum atomic E-state index is -0.562. The zero-order chi connectivity index (χ0) is 22.1. The molecule has 0 radical (unpaired) electrons. The van der Waals surface area contributed by atoms with Crippen LogP contribution in [-0.4, -0.2) is 45.6 Å². The first kappa shape index (κ1) is 21.8. The summed E-state index contributed by atoms with van der Waals surface area (Å²) < 4.78 is 1.72. The van der Waals surface area contributed by atoms with Crippen molar-refractivity contribution in [3.63, 3.8) is 0 Å². The first-order chi connectivity index (χ1) is 15.0. The second-order valence-corrected chi connectivity index (χ2v) is 9.03. The Morgan fingerprint density at radius 1 is 1.26 bits per heavy atom. The molecule has 7 heteroatoms. The van der Waals surface area contributed by atoms with E-state index in [0.29, 0.717) is 24.3 Å². The molecule has 2 amide bonds. The highest BCUT2D eigenvalue weighted by Gasteiger charge is 2.58. The van der Waals surface area contributed by atoms with Gasteiger partial charge in [-0.15, -0.1) is 0 Å². The molecule has 1 saturated carbocycles. The van der Waals surface area contributed by atoms with Gasteiger partial charge in [-0.25, -0.2) is 0 Å². The van der Waals surface area contributed by atoms with Crippen molar-refractivity contribution < 1.29 is 14.7 Å². The summed E-state index contributed by atoms with van der Waals surface area (Å²) in [7, 11) is 0. The van der Waals surface area contributed by atoms with Gasteiger partial charge in [-0.1, -0.05) is 31.9 Å². The van der Waals surface area contributed by atoms with E-state index in [1.807, 2.05) is 30.9 Å². The number of nitrogens with zero attached hydrogens (tertiary/aromatic N) is 2. The van der Waals surface area contributed by atoms with Crippen LogP contribution in [0.2, 0.25) is 0 Å². The van der Waals surface area contributed by atoms with E-state index in [4.69, 9.17) is 0 Å². The highest BCUT2D eigenvalue weighted by atomic mass is 16.3. The minimum absolute atomic E-state index is 0.0256. The van der Waals surface area contributed by atoms with Crippen molar-refractivity contribution in [1.82, 2.24) is 14.8 Å². The standard InChI is InChI=1S/C24H33N3O4/c1-3-7-15-10-11-18-21-20(22(29)25-12-4-2)17(14-28)19(13-26(18)23(15)30)27(21)24(31)16-8-5-6-9-16/h3,7,10-11,16-17,19-21,28H,4-6,8-9,12-14H2,1-2H3,(H,25,29)/b7-3-/t17-,19-,20+,21+/m1/s1. The Hall–Kier alpha value is -2.41. The summed E-state index contributed by atoms with van der Waals surface area (Å²) in [5.74, 6) is -1.05. The van der Waals surface area contributed by atoms with Crippen LogP contribution >= 0.6 is 0 Å². The molecule has 0 unspecified atom stereocenters. The van der Waals surface area contributed by atoms with Crippen molar-refractivity contribution in [2.45, 2.75) is 64.6 Å². The lowest BCUT2D eigenvalue weighted by Gasteiger charge is -2.39. The van der Waals surface area contributed by atoms with Gasteiger partial charge in [0.2, 0.25) is 11.8 Å². The molecule has 0 aromatic carbocycles. The minimum Gasteiger partial charge on any atom is -0.396 e. The number of pyridine rings is 1. The third-order valence-corrected chi connectivity index (χ3v) is 7.23. The average molecular weight is 428 g/mol. The first-order valence-corrected chi connectivity index (χ1v) is 11.6. The number of aliphatic hydroxyl groups excluding tert-OH is 1. The third-order valence-electron chi connectivity index (χ3n) is 7.23. The first-order valence-electron chi connectivity index (χ1n) is 11.6. The molecular weight excluding hydrogens is 394 g/mol. The van der Waals surface area contributed by atoms with Crippen molar-refractivity contribution in [2.24, 2.45) is 17.8 Å². The van der Waals surface area contributed by atoms with Crippen molar-refractivity contribution in [1.29, 1.82) is 0 Å². The van der Waals surface area contributed by atoms with Crippen LogP contribution in [-0.2, 0) is 16.1 Å². The molecule has 7 nitrogen and oxygen atoms in total. The van der Waals surface area contributed by atoms with Crippen molar-refractivity contribution in [2.75, 3.05) is 13.2 Å². The van der Waals surface area contributed by atoms with Crippen LogP contribution in [0.1, 0.15) is 63.3 Å². The molecule has 1 aromatic rings. The van der Waals surface area contributed by atoms with Crippen molar-refractivity contribution in [3.8, 4) is 0 Å². The Kier molecular flexibility index (Phi) is 6.32. The third kappa shape index (κ3) is 3.63. The highest BCUT2D eigenvalue weighted by Crippen LogP contribution is 2.49. The van der Waals surface area contributed by atoms with Gasteiger partial charge in [-0.3, -0.25) is 14.4 Å². The van der Waals surface area contributed by atoms with Crippen LogP contribution in [0.25, 0.3) is 6.08 Å². The number of allylic oxidation sites excluding steroid dienone is 1. The fraction of sp³-hybridized carbons (Fsp3) is 0.625. The Morgan fingerprint density at radius 2 is 2.00 bits per heavy atom. The summed E-state index contributed by atoms with van der Waals surface area (Å²) in [6.45, 7) is 4.53. The SMILES string of the molecule is C/C=C\c1ccc2n(c1=O)C[C@@H]1[C@@H](CO)[C@H](C(=O)NCCC)[C@H]2N1C(=O)C1CCCC1. The normalized spacial score (nSPS) is 27.6. The number of hydrogen-bond donors (Lipinski definition) is 2. The van der Waals surface area contributed by atoms with Gasteiger partial charge < -0.3 is 19.9 Å². The van der Waals surface area contributed by atoms with Gasteiger partial charge in [-0.2, -0.15) is 0 Å². The van der Waals surface area contributed by atoms with E-state index in [1.54, 1.807) is 16.7 Å². The molecule has 4 atom stereocenters. The maximum atomic E-state index is 13.6. The van der Waals surface area contributed by atoms with Gasteiger partial charge in [0.1, 0.15) is 0 Å². The Balaban J connectivity index is 1.82. The second kappa shape index (κ2) is 8.99. The molecule has 1 aliphatic carbocycles.